The molecular weight excluding hydrogens is 408 g/mol. The summed E-state index contributed by atoms with van der Waals surface area (Å²) >= 11 is 0. The molecule has 2 aliphatic rings. The molecule has 1 unspecified atom stereocenters. The van der Waals surface area contributed by atoms with Gasteiger partial charge in [0.2, 0.25) is 5.91 Å². The van der Waals surface area contributed by atoms with Crippen LogP contribution in [0.5, 0.6) is 0 Å². The summed E-state index contributed by atoms with van der Waals surface area (Å²) in [6.45, 7) is 8.85. The molecule has 2 fully saturated rings. The first-order valence-corrected chi connectivity index (χ1v) is 10.9. The lowest BCUT2D eigenvalue weighted by molar-refractivity contribution is -0.135. The van der Waals surface area contributed by atoms with Gasteiger partial charge in [0.05, 0.1) is 13.2 Å². The summed E-state index contributed by atoms with van der Waals surface area (Å²) in [4.78, 5) is 41.7. The Morgan fingerprint density at radius 1 is 1.12 bits per heavy atom. The van der Waals surface area contributed by atoms with E-state index >= 15 is 0 Å². The molecule has 0 aliphatic carbocycles. The summed E-state index contributed by atoms with van der Waals surface area (Å²) in [5.41, 5.74) is -0.781. The van der Waals surface area contributed by atoms with Crippen molar-refractivity contribution in [3.8, 4) is 0 Å². The highest BCUT2D eigenvalue weighted by Gasteiger charge is 2.49. The minimum absolute atomic E-state index is 0.254. The fourth-order valence-corrected chi connectivity index (χ4v) is 4.33. The summed E-state index contributed by atoms with van der Waals surface area (Å²) < 4.78 is 5.39. The van der Waals surface area contributed by atoms with Gasteiger partial charge in [-0.2, -0.15) is 0 Å². The van der Waals surface area contributed by atoms with Gasteiger partial charge in [0, 0.05) is 25.2 Å². The van der Waals surface area contributed by atoms with E-state index in [0.29, 0.717) is 25.3 Å². The highest BCUT2D eigenvalue weighted by atomic mass is 16.5. The fraction of sp³-hybridized carbons (Fsp3) is 0.458. The molecule has 2 aromatic carbocycles. The standard InChI is InChI=1S/C24H30N4O4/c1-23(2,27-10-12-32-13-11-27)16-25-20(29)15-28-21(30)24(3,26-22(28)31)19-9-8-17-6-4-5-7-18(17)14-19/h4-9,14H,10-13,15-16H2,1-3H3,(H,25,29)(H,26,31). The molecule has 4 amide bonds. The van der Waals surface area contributed by atoms with Crippen molar-refractivity contribution < 1.29 is 19.1 Å². The maximum Gasteiger partial charge on any atom is 0.325 e. The summed E-state index contributed by atoms with van der Waals surface area (Å²) in [6.07, 6.45) is 0. The third-order valence-electron chi connectivity index (χ3n) is 6.49. The number of imide groups is 1. The van der Waals surface area contributed by atoms with E-state index in [0.717, 1.165) is 28.8 Å². The van der Waals surface area contributed by atoms with Crippen LogP contribution in [-0.2, 0) is 19.9 Å². The number of nitrogens with one attached hydrogen (secondary N) is 2. The predicted octanol–water partition coefficient (Wildman–Crippen LogP) is 1.83. The van der Waals surface area contributed by atoms with Crippen LogP contribution >= 0.6 is 0 Å². The maximum atomic E-state index is 13.2. The Hall–Kier alpha value is -2.97. The second kappa shape index (κ2) is 8.52. The lowest BCUT2D eigenvalue weighted by Gasteiger charge is -2.40. The number of nitrogens with zero attached hydrogens (tertiary/aromatic N) is 2. The third-order valence-corrected chi connectivity index (χ3v) is 6.49. The van der Waals surface area contributed by atoms with Crippen molar-refractivity contribution in [3.05, 3.63) is 48.0 Å². The highest BCUT2D eigenvalue weighted by Crippen LogP contribution is 2.31. The summed E-state index contributed by atoms with van der Waals surface area (Å²) in [5.74, 6) is -0.794. The number of morpholine rings is 1. The van der Waals surface area contributed by atoms with Crippen molar-refractivity contribution in [3.63, 3.8) is 0 Å². The monoisotopic (exact) mass is 438 g/mol. The van der Waals surface area contributed by atoms with Gasteiger partial charge in [0.15, 0.2) is 0 Å². The van der Waals surface area contributed by atoms with Crippen molar-refractivity contribution in [2.75, 3.05) is 39.4 Å². The van der Waals surface area contributed by atoms with Gasteiger partial charge < -0.3 is 15.4 Å². The summed E-state index contributed by atoms with van der Waals surface area (Å²) in [6, 6.07) is 12.9. The maximum absolute atomic E-state index is 13.2. The van der Waals surface area contributed by atoms with Crippen LogP contribution in [0, 0.1) is 0 Å². The minimum Gasteiger partial charge on any atom is -0.379 e. The Labute approximate surface area is 187 Å². The number of carbonyl (C=O) groups excluding carboxylic acids is 3. The van der Waals surface area contributed by atoms with Gasteiger partial charge in [-0.05, 0) is 43.2 Å². The molecule has 2 N–H and O–H groups in total. The largest absolute Gasteiger partial charge is 0.379 e. The SMILES string of the molecule is CC1(c2ccc3ccccc3c2)NC(=O)N(CC(=O)NCC(C)(C)N2CCOCC2)C1=O. The number of benzene rings is 2. The number of hydrogen-bond donors (Lipinski definition) is 2. The Morgan fingerprint density at radius 3 is 2.53 bits per heavy atom. The number of urea groups is 1. The van der Waals surface area contributed by atoms with Crippen LogP contribution in [0.4, 0.5) is 4.79 Å². The van der Waals surface area contributed by atoms with Gasteiger partial charge in [-0.3, -0.25) is 19.4 Å². The molecule has 0 spiro atoms. The topological polar surface area (TPSA) is 91.0 Å². The van der Waals surface area contributed by atoms with Crippen LogP contribution in [0.15, 0.2) is 42.5 Å². The zero-order chi connectivity index (χ0) is 22.9. The Bertz CT molecular complexity index is 1050. The molecule has 2 aromatic rings. The van der Waals surface area contributed by atoms with Gasteiger partial charge in [-0.1, -0.05) is 36.4 Å². The average molecular weight is 439 g/mol. The fourth-order valence-electron chi connectivity index (χ4n) is 4.33. The van der Waals surface area contributed by atoms with Crippen LogP contribution in [0.2, 0.25) is 0 Å². The minimum atomic E-state index is -1.21. The zero-order valence-electron chi connectivity index (χ0n) is 18.8. The number of fused-ring (bicyclic) bond motifs is 1. The van der Waals surface area contributed by atoms with E-state index < -0.39 is 17.5 Å². The Kier molecular flexibility index (Phi) is 5.92. The molecule has 32 heavy (non-hydrogen) atoms. The molecule has 170 valence electrons. The van der Waals surface area contributed by atoms with Gasteiger partial charge in [-0.15, -0.1) is 0 Å². The normalized spacial score (nSPS) is 22.3. The quantitative estimate of drug-likeness (QED) is 0.672. The van der Waals surface area contributed by atoms with Crippen LogP contribution in [0.25, 0.3) is 10.8 Å². The van der Waals surface area contributed by atoms with Crippen LogP contribution in [0.3, 0.4) is 0 Å². The molecular formula is C24H30N4O4. The second-order valence-electron chi connectivity index (χ2n) is 9.20. The van der Waals surface area contributed by atoms with Gasteiger partial charge in [-0.25, -0.2) is 4.79 Å². The number of amides is 4. The molecule has 0 radical (unpaired) electrons. The van der Waals surface area contributed by atoms with Crippen molar-refractivity contribution in [2.45, 2.75) is 31.8 Å². The van der Waals surface area contributed by atoms with Crippen molar-refractivity contribution in [1.82, 2.24) is 20.4 Å². The number of ether oxygens (including phenoxy) is 1. The smallest absolute Gasteiger partial charge is 0.325 e. The molecule has 0 saturated carbocycles. The molecule has 2 saturated heterocycles. The molecule has 8 heteroatoms. The average Bonchev–Trinajstić information content (AvgIpc) is 3.02. The second-order valence-corrected chi connectivity index (χ2v) is 9.20. The summed E-state index contributed by atoms with van der Waals surface area (Å²) in [5, 5.41) is 7.69. The molecule has 8 nitrogen and oxygen atoms in total. The van der Waals surface area contributed by atoms with E-state index in [4.69, 9.17) is 4.74 Å². The first-order valence-electron chi connectivity index (χ1n) is 10.9. The van der Waals surface area contributed by atoms with Gasteiger partial charge >= 0.3 is 6.03 Å². The van der Waals surface area contributed by atoms with Crippen molar-refractivity contribution in [1.29, 1.82) is 0 Å². The third kappa shape index (κ3) is 4.20. The van der Waals surface area contributed by atoms with E-state index in [9.17, 15) is 14.4 Å². The van der Waals surface area contributed by atoms with E-state index in [2.05, 4.69) is 29.4 Å². The Balaban J connectivity index is 1.42. The molecule has 2 heterocycles. The van der Waals surface area contributed by atoms with Gasteiger partial charge in [0.25, 0.3) is 5.91 Å². The van der Waals surface area contributed by atoms with Crippen LogP contribution in [0.1, 0.15) is 26.3 Å². The molecule has 0 aromatic heterocycles. The molecule has 0 bridgehead atoms. The molecule has 4 rings (SSSR count). The van der Waals surface area contributed by atoms with Gasteiger partial charge in [0.1, 0.15) is 12.1 Å². The number of hydrogen-bond acceptors (Lipinski definition) is 5. The van der Waals surface area contributed by atoms with E-state index in [1.807, 2.05) is 42.5 Å². The van der Waals surface area contributed by atoms with Crippen LogP contribution in [-0.4, -0.2) is 72.6 Å². The predicted molar refractivity (Wildman–Crippen MR) is 121 cm³/mol. The Morgan fingerprint density at radius 2 is 1.81 bits per heavy atom. The first-order chi connectivity index (χ1) is 15.2. The number of carbonyl (C=O) groups is 3. The lowest BCUT2D eigenvalue weighted by atomic mass is 9.90. The van der Waals surface area contributed by atoms with Crippen LogP contribution < -0.4 is 10.6 Å². The zero-order valence-corrected chi connectivity index (χ0v) is 18.8. The van der Waals surface area contributed by atoms with E-state index in [1.54, 1.807) is 6.92 Å². The molecule has 1 atom stereocenters. The van der Waals surface area contributed by atoms with E-state index in [1.165, 1.54) is 0 Å². The molecule has 2 aliphatic heterocycles. The highest BCUT2D eigenvalue weighted by molar-refractivity contribution is 6.09. The number of rotatable bonds is 6. The first kappa shape index (κ1) is 22.2. The van der Waals surface area contributed by atoms with Crippen molar-refractivity contribution >= 4 is 28.6 Å². The van der Waals surface area contributed by atoms with Crippen molar-refractivity contribution in [2.24, 2.45) is 0 Å². The van der Waals surface area contributed by atoms with E-state index in [-0.39, 0.29) is 18.0 Å². The lowest BCUT2D eigenvalue weighted by Crippen LogP contribution is -2.56. The summed E-state index contributed by atoms with van der Waals surface area (Å²) in [7, 11) is 0.